The number of hydrogen-bond acceptors (Lipinski definition) is 4. The van der Waals surface area contributed by atoms with E-state index in [9.17, 15) is 17.6 Å². The molecule has 0 saturated carbocycles. The summed E-state index contributed by atoms with van der Waals surface area (Å²) in [6, 6.07) is 13.5. The zero-order chi connectivity index (χ0) is 19.4. The van der Waals surface area contributed by atoms with Gasteiger partial charge in [-0.15, -0.1) is 11.3 Å². The van der Waals surface area contributed by atoms with E-state index in [1.807, 2.05) is 17.5 Å². The number of hydrogen-bond donors (Lipinski definition) is 2. The summed E-state index contributed by atoms with van der Waals surface area (Å²) in [4.78, 5) is 13.3. The number of rotatable bonds is 6. The molecule has 3 aromatic rings. The van der Waals surface area contributed by atoms with Crippen molar-refractivity contribution in [3.8, 4) is 0 Å². The van der Waals surface area contributed by atoms with Gasteiger partial charge in [0.05, 0.1) is 4.90 Å². The second-order valence-corrected chi connectivity index (χ2v) is 8.64. The van der Waals surface area contributed by atoms with E-state index >= 15 is 0 Å². The molecular weight excluding hydrogens is 387 g/mol. The Morgan fingerprint density at radius 3 is 2.63 bits per heavy atom. The third kappa shape index (κ3) is 4.79. The van der Waals surface area contributed by atoms with Crippen LogP contribution in [0.2, 0.25) is 0 Å². The molecule has 0 unspecified atom stereocenters. The molecule has 0 fully saturated rings. The average molecular weight is 404 g/mol. The summed E-state index contributed by atoms with van der Waals surface area (Å²) in [5, 5.41) is 4.53. The van der Waals surface area contributed by atoms with Crippen LogP contribution in [0.3, 0.4) is 0 Å². The largest absolute Gasteiger partial charge is 0.322 e. The molecule has 0 aliphatic rings. The molecule has 1 amide bonds. The van der Waals surface area contributed by atoms with Crippen molar-refractivity contribution in [1.29, 1.82) is 0 Å². The molecule has 27 heavy (non-hydrogen) atoms. The number of sulfonamides is 1. The summed E-state index contributed by atoms with van der Waals surface area (Å²) < 4.78 is 40.6. The molecule has 0 aliphatic carbocycles. The maximum atomic E-state index is 13.2. The van der Waals surface area contributed by atoms with Crippen molar-refractivity contribution >= 4 is 33.0 Å². The van der Waals surface area contributed by atoms with Crippen molar-refractivity contribution in [2.24, 2.45) is 0 Å². The van der Waals surface area contributed by atoms with Gasteiger partial charge in [0.1, 0.15) is 5.82 Å². The Bertz CT molecular complexity index is 1060. The van der Waals surface area contributed by atoms with Gasteiger partial charge in [0.15, 0.2) is 0 Å². The molecule has 0 saturated heterocycles. The third-order valence-electron chi connectivity index (χ3n) is 3.86. The number of halogens is 1. The van der Waals surface area contributed by atoms with Crippen LogP contribution in [0.15, 0.2) is 64.9 Å². The number of amides is 1. The summed E-state index contributed by atoms with van der Waals surface area (Å²) in [6.45, 7) is 1.86. The highest BCUT2D eigenvalue weighted by molar-refractivity contribution is 7.89. The smallest absolute Gasteiger partial charge is 0.255 e. The number of benzene rings is 2. The summed E-state index contributed by atoms with van der Waals surface area (Å²) in [6.07, 6.45) is 0. The molecule has 0 spiro atoms. The molecule has 2 N–H and O–H groups in total. The van der Waals surface area contributed by atoms with Gasteiger partial charge in [-0.2, -0.15) is 0 Å². The first-order valence-electron chi connectivity index (χ1n) is 8.05. The highest BCUT2D eigenvalue weighted by Crippen LogP contribution is 2.18. The van der Waals surface area contributed by atoms with Crippen molar-refractivity contribution in [3.05, 3.63) is 81.8 Å². The first-order chi connectivity index (χ1) is 12.8. The number of anilines is 1. The van der Waals surface area contributed by atoms with Gasteiger partial charge in [-0.25, -0.2) is 17.5 Å². The normalized spacial score (nSPS) is 11.3. The highest BCUT2D eigenvalue weighted by atomic mass is 32.2. The van der Waals surface area contributed by atoms with Crippen LogP contribution in [0.4, 0.5) is 10.1 Å². The Hall–Kier alpha value is -2.55. The van der Waals surface area contributed by atoms with Crippen molar-refractivity contribution in [2.75, 3.05) is 5.32 Å². The fourth-order valence-electron chi connectivity index (χ4n) is 2.43. The Morgan fingerprint density at radius 1 is 1.11 bits per heavy atom. The Labute approximate surface area is 160 Å². The van der Waals surface area contributed by atoms with Crippen molar-refractivity contribution in [1.82, 2.24) is 4.72 Å². The molecule has 0 aliphatic heterocycles. The summed E-state index contributed by atoms with van der Waals surface area (Å²) >= 11 is 1.45. The van der Waals surface area contributed by atoms with E-state index in [1.54, 1.807) is 6.92 Å². The predicted octanol–water partition coefficient (Wildman–Crippen LogP) is 3.93. The summed E-state index contributed by atoms with van der Waals surface area (Å²) in [5.41, 5.74) is 1.23. The Balaban J connectivity index is 1.76. The van der Waals surface area contributed by atoms with E-state index in [0.29, 0.717) is 11.3 Å². The topological polar surface area (TPSA) is 75.3 Å². The lowest BCUT2D eigenvalue weighted by atomic mass is 10.1. The lowest BCUT2D eigenvalue weighted by Gasteiger charge is -2.10. The molecule has 5 nitrogen and oxygen atoms in total. The van der Waals surface area contributed by atoms with Crippen LogP contribution < -0.4 is 10.0 Å². The fraction of sp³-hybridized carbons (Fsp3) is 0.105. The van der Waals surface area contributed by atoms with Gasteiger partial charge in [-0.3, -0.25) is 4.79 Å². The third-order valence-corrected chi connectivity index (χ3v) is 6.14. The number of carbonyl (C=O) groups is 1. The Kier molecular flexibility index (Phi) is 5.69. The van der Waals surface area contributed by atoms with Crippen molar-refractivity contribution in [3.63, 3.8) is 0 Å². The first-order valence-corrected chi connectivity index (χ1v) is 10.4. The molecule has 140 valence electrons. The van der Waals surface area contributed by atoms with Crippen LogP contribution in [0.25, 0.3) is 0 Å². The lowest BCUT2D eigenvalue weighted by Crippen LogP contribution is -2.23. The second kappa shape index (κ2) is 7.99. The number of aryl methyl sites for hydroxylation is 1. The number of nitrogens with one attached hydrogen (secondary N) is 2. The quantitative estimate of drug-likeness (QED) is 0.654. The van der Waals surface area contributed by atoms with Crippen molar-refractivity contribution in [2.45, 2.75) is 18.4 Å². The van der Waals surface area contributed by atoms with Gasteiger partial charge < -0.3 is 5.32 Å². The van der Waals surface area contributed by atoms with E-state index in [2.05, 4.69) is 10.0 Å². The van der Waals surface area contributed by atoms with Gasteiger partial charge >= 0.3 is 0 Å². The minimum atomic E-state index is -3.75. The molecule has 3 rings (SSSR count). The van der Waals surface area contributed by atoms with E-state index in [4.69, 9.17) is 0 Å². The molecule has 0 bridgehead atoms. The van der Waals surface area contributed by atoms with Crippen LogP contribution in [0, 0.1) is 12.7 Å². The summed E-state index contributed by atoms with van der Waals surface area (Å²) in [5.74, 6) is -0.865. The number of carbonyl (C=O) groups excluding carboxylic acids is 1. The summed E-state index contributed by atoms with van der Waals surface area (Å²) in [7, 11) is -3.75. The minimum Gasteiger partial charge on any atom is -0.322 e. The van der Waals surface area contributed by atoms with Gasteiger partial charge in [0.2, 0.25) is 10.0 Å². The zero-order valence-electron chi connectivity index (χ0n) is 14.4. The monoisotopic (exact) mass is 404 g/mol. The molecule has 1 aromatic heterocycles. The van der Waals surface area contributed by atoms with E-state index in [-0.39, 0.29) is 17.0 Å². The highest BCUT2D eigenvalue weighted by Gasteiger charge is 2.17. The second-order valence-electron chi connectivity index (χ2n) is 5.85. The zero-order valence-corrected chi connectivity index (χ0v) is 16.0. The molecule has 2 aromatic carbocycles. The first kappa shape index (κ1) is 19.2. The molecule has 0 radical (unpaired) electrons. The SMILES string of the molecule is Cc1cc(F)ccc1NC(=O)c1cccc(S(=O)(=O)NCc2cccs2)c1. The van der Waals surface area contributed by atoms with Crippen LogP contribution in [0.1, 0.15) is 20.8 Å². The van der Waals surface area contributed by atoms with Crippen LogP contribution in [-0.4, -0.2) is 14.3 Å². The fourth-order valence-corrected chi connectivity index (χ4v) is 4.22. The number of thiophene rings is 1. The predicted molar refractivity (Wildman–Crippen MR) is 104 cm³/mol. The van der Waals surface area contributed by atoms with E-state index < -0.39 is 21.7 Å². The maximum Gasteiger partial charge on any atom is 0.255 e. The molecule has 0 atom stereocenters. The maximum absolute atomic E-state index is 13.2. The van der Waals surface area contributed by atoms with Crippen LogP contribution in [-0.2, 0) is 16.6 Å². The molecular formula is C19H17FN2O3S2. The Morgan fingerprint density at radius 2 is 1.93 bits per heavy atom. The van der Waals surface area contributed by atoms with E-state index in [1.165, 1.54) is 53.8 Å². The standard InChI is InChI=1S/C19H17FN2O3S2/c1-13-10-15(20)7-8-18(13)22-19(23)14-4-2-6-17(11-14)27(24,25)21-12-16-5-3-9-26-16/h2-11,21H,12H2,1H3,(H,22,23). The minimum absolute atomic E-state index is 0.00235. The van der Waals surface area contributed by atoms with Crippen molar-refractivity contribution < 1.29 is 17.6 Å². The molecule has 1 heterocycles. The van der Waals surface area contributed by atoms with Crippen LogP contribution in [0.5, 0.6) is 0 Å². The lowest BCUT2D eigenvalue weighted by molar-refractivity contribution is 0.102. The van der Waals surface area contributed by atoms with Gasteiger partial charge in [0.25, 0.3) is 5.91 Å². The van der Waals surface area contributed by atoms with Crippen LogP contribution >= 0.6 is 11.3 Å². The van der Waals surface area contributed by atoms with Gasteiger partial charge in [-0.05, 0) is 60.3 Å². The van der Waals surface area contributed by atoms with Gasteiger partial charge in [0, 0.05) is 22.7 Å². The van der Waals surface area contributed by atoms with E-state index in [0.717, 1.165) is 4.88 Å². The molecule has 8 heteroatoms. The van der Waals surface area contributed by atoms with Gasteiger partial charge in [-0.1, -0.05) is 12.1 Å². The average Bonchev–Trinajstić information content (AvgIpc) is 3.16.